The molecule has 0 saturated carbocycles. The predicted octanol–water partition coefficient (Wildman–Crippen LogP) is 3.54. The molecule has 0 fully saturated rings. The highest BCUT2D eigenvalue weighted by Gasteiger charge is 2.15. The van der Waals surface area contributed by atoms with Crippen molar-refractivity contribution in [3.8, 4) is 0 Å². The lowest BCUT2D eigenvalue weighted by Crippen LogP contribution is -2.20. The Morgan fingerprint density at radius 2 is 1.69 bits per heavy atom. The Morgan fingerprint density at radius 1 is 1.03 bits per heavy atom. The van der Waals surface area contributed by atoms with Gasteiger partial charge in [0.05, 0.1) is 0 Å². The second-order valence-electron chi connectivity index (χ2n) is 8.23. The van der Waals surface area contributed by atoms with Crippen molar-refractivity contribution in [1.29, 1.82) is 0 Å². The molecule has 4 rings (SSSR count). The van der Waals surface area contributed by atoms with Crippen molar-refractivity contribution in [2.24, 2.45) is 16.7 Å². The number of hydrogen-bond donors (Lipinski definition) is 5. The van der Waals surface area contributed by atoms with E-state index in [0.717, 1.165) is 55.8 Å². The lowest BCUT2D eigenvalue weighted by molar-refractivity contribution is 0.102. The van der Waals surface area contributed by atoms with Crippen LogP contribution in [0.1, 0.15) is 39.9 Å². The van der Waals surface area contributed by atoms with Crippen LogP contribution in [0.25, 0.3) is 11.1 Å². The molecule has 2 heterocycles. The summed E-state index contributed by atoms with van der Waals surface area (Å²) in [7, 11) is 0. The van der Waals surface area contributed by atoms with Crippen LogP contribution in [0.4, 0.5) is 10.1 Å². The fourth-order valence-corrected chi connectivity index (χ4v) is 4.06. The van der Waals surface area contributed by atoms with Gasteiger partial charge in [0.25, 0.3) is 5.91 Å². The minimum Gasteiger partial charge on any atom is -0.405 e. The second-order valence-corrected chi connectivity index (χ2v) is 8.23. The first kappa shape index (κ1) is 25.9. The standard InChI is InChI=1S/C24H26FN3O.C3H7N3/c1-16-14-20(3-5-21(16)17-6-10-26-11-7-17)28-24(29)19-2-4-22(23(25)15-19)18-8-12-27-13-9-18;4-2-1-3-6-5/h2-6,8,14-15,26-27H,7,9-13H2,1H3,(H,28,29);1-3H,4-5H2/b;2-1-,6-3+. The molecule has 7 N–H and O–H groups in total. The lowest BCUT2D eigenvalue weighted by Gasteiger charge is -2.17. The minimum absolute atomic E-state index is 0.303. The molecule has 2 aromatic carbocycles. The van der Waals surface area contributed by atoms with Crippen LogP contribution < -0.4 is 27.5 Å². The van der Waals surface area contributed by atoms with Crippen molar-refractivity contribution in [3.63, 3.8) is 0 Å². The zero-order valence-electron chi connectivity index (χ0n) is 20.0. The van der Waals surface area contributed by atoms with E-state index in [1.165, 1.54) is 29.6 Å². The van der Waals surface area contributed by atoms with Gasteiger partial charge in [0, 0.05) is 36.1 Å². The van der Waals surface area contributed by atoms with Crippen LogP contribution in [0, 0.1) is 12.7 Å². The van der Waals surface area contributed by atoms with Crippen LogP contribution in [-0.2, 0) is 0 Å². The fourth-order valence-electron chi connectivity index (χ4n) is 4.06. The number of nitrogens with two attached hydrogens (primary N) is 2. The summed E-state index contributed by atoms with van der Waals surface area (Å²) in [6.45, 7) is 5.52. The second kappa shape index (κ2) is 13.2. The van der Waals surface area contributed by atoms with Crippen LogP contribution >= 0.6 is 0 Å². The molecule has 0 atom stereocenters. The summed E-state index contributed by atoms with van der Waals surface area (Å²) in [6, 6.07) is 10.7. The van der Waals surface area contributed by atoms with Gasteiger partial charge >= 0.3 is 0 Å². The summed E-state index contributed by atoms with van der Waals surface area (Å²) in [5.41, 5.74) is 11.2. The molecule has 2 aliphatic rings. The number of halogens is 1. The predicted molar refractivity (Wildman–Crippen MR) is 142 cm³/mol. The molecule has 0 aromatic heterocycles. The highest BCUT2D eigenvalue weighted by atomic mass is 19.1. The topological polar surface area (TPSA) is 118 Å². The van der Waals surface area contributed by atoms with Gasteiger partial charge in [0.1, 0.15) is 5.82 Å². The van der Waals surface area contributed by atoms with Crippen molar-refractivity contribution in [3.05, 3.63) is 88.9 Å². The van der Waals surface area contributed by atoms with Gasteiger partial charge in [-0.15, -0.1) is 0 Å². The molecule has 35 heavy (non-hydrogen) atoms. The Balaban J connectivity index is 0.000000509. The largest absolute Gasteiger partial charge is 0.405 e. The van der Waals surface area contributed by atoms with Crippen LogP contribution in [0.5, 0.6) is 0 Å². The molecule has 0 spiro atoms. The van der Waals surface area contributed by atoms with Crippen LogP contribution in [-0.4, -0.2) is 38.3 Å². The van der Waals surface area contributed by atoms with E-state index in [1.807, 2.05) is 18.2 Å². The van der Waals surface area contributed by atoms with Gasteiger partial charge in [-0.05, 0) is 91.7 Å². The number of hydrogen-bond acceptors (Lipinski definition) is 6. The fraction of sp³-hybridized carbons (Fsp3) is 0.259. The van der Waals surface area contributed by atoms with Gasteiger partial charge in [-0.25, -0.2) is 4.39 Å². The molecule has 184 valence electrons. The van der Waals surface area contributed by atoms with Crippen molar-refractivity contribution < 1.29 is 9.18 Å². The highest BCUT2D eigenvalue weighted by molar-refractivity contribution is 6.04. The zero-order valence-corrected chi connectivity index (χ0v) is 20.0. The Bertz CT molecular complexity index is 1140. The third-order valence-electron chi connectivity index (χ3n) is 5.82. The number of amides is 1. The maximum Gasteiger partial charge on any atom is 0.255 e. The molecule has 0 radical (unpaired) electrons. The number of anilines is 1. The van der Waals surface area contributed by atoms with E-state index in [9.17, 15) is 9.18 Å². The maximum atomic E-state index is 14.6. The number of aryl methyl sites for hydroxylation is 1. The molecule has 0 aliphatic carbocycles. The highest BCUT2D eigenvalue weighted by Crippen LogP contribution is 2.27. The Kier molecular flexibility index (Phi) is 9.77. The summed E-state index contributed by atoms with van der Waals surface area (Å²) < 4.78 is 14.6. The summed E-state index contributed by atoms with van der Waals surface area (Å²) in [4.78, 5) is 12.6. The molecule has 1 amide bonds. The molecule has 7 nitrogen and oxygen atoms in total. The summed E-state index contributed by atoms with van der Waals surface area (Å²) in [5, 5.41) is 12.6. The Hall–Kier alpha value is -3.75. The van der Waals surface area contributed by atoms with Crippen molar-refractivity contribution >= 4 is 29.0 Å². The first-order valence-electron chi connectivity index (χ1n) is 11.7. The first-order chi connectivity index (χ1) is 17.0. The molecule has 2 aromatic rings. The number of nitrogens with zero attached hydrogens (tertiary/aromatic N) is 1. The van der Waals surface area contributed by atoms with E-state index in [-0.39, 0.29) is 11.7 Å². The van der Waals surface area contributed by atoms with E-state index >= 15 is 0 Å². The van der Waals surface area contributed by atoms with E-state index in [0.29, 0.717) is 11.1 Å². The average Bonchev–Trinajstić information content (AvgIpc) is 2.89. The molecule has 0 bridgehead atoms. The number of benzene rings is 2. The minimum atomic E-state index is -0.352. The molecule has 2 aliphatic heterocycles. The van der Waals surface area contributed by atoms with Gasteiger partial charge in [-0.1, -0.05) is 24.3 Å². The quantitative estimate of drug-likeness (QED) is 0.257. The zero-order chi connectivity index (χ0) is 25.0. The SMILES string of the molecule is Cc1cc(NC(=O)c2ccc(C3=CCNCC3)c(F)c2)ccc1C1=CCNCC1.N/C=C\C=N\N. The Labute approximate surface area is 205 Å². The maximum absolute atomic E-state index is 14.6. The summed E-state index contributed by atoms with van der Waals surface area (Å²) in [6.07, 6.45) is 10.3. The number of allylic oxidation sites excluding steroid dienone is 1. The van der Waals surface area contributed by atoms with Gasteiger partial charge < -0.3 is 27.5 Å². The average molecular weight is 477 g/mol. The molecule has 8 heteroatoms. The molecule has 0 unspecified atom stereocenters. The number of rotatable bonds is 5. The van der Waals surface area contributed by atoms with Crippen LogP contribution in [0.3, 0.4) is 0 Å². The van der Waals surface area contributed by atoms with Gasteiger partial charge in [-0.2, -0.15) is 5.10 Å². The van der Waals surface area contributed by atoms with Gasteiger partial charge in [0.15, 0.2) is 0 Å². The monoisotopic (exact) mass is 476 g/mol. The van der Waals surface area contributed by atoms with Gasteiger partial charge in [0.2, 0.25) is 0 Å². The van der Waals surface area contributed by atoms with E-state index in [1.54, 1.807) is 18.2 Å². The van der Waals surface area contributed by atoms with E-state index < -0.39 is 0 Å². The summed E-state index contributed by atoms with van der Waals surface area (Å²) in [5.74, 6) is 4.02. The number of carbonyl (C=O) groups excluding carboxylic acids is 1. The summed E-state index contributed by atoms with van der Waals surface area (Å²) >= 11 is 0. The number of carbonyl (C=O) groups is 1. The van der Waals surface area contributed by atoms with Crippen molar-refractivity contribution in [2.45, 2.75) is 19.8 Å². The van der Waals surface area contributed by atoms with Gasteiger partial charge in [-0.3, -0.25) is 4.79 Å². The van der Waals surface area contributed by atoms with E-state index in [2.05, 4.69) is 46.0 Å². The normalized spacial score (nSPS) is 15.8. The van der Waals surface area contributed by atoms with Crippen molar-refractivity contribution in [1.82, 2.24) is 10.6 Å². The molecular weight excluding hydrogens is 443 g/mol. The third-order valence-corrected chi connectivity index (χ3v) is 5.82. The van der Waals surface area contributed by atoms with Crippen molar-refractivity contribution in [2.75, 3.05) is 31.5 Å². The lowest BCUT2D eigenvalue weighted by atomic mass is 9.95. The third kappa shape index (κ3) is 7.37. The number of nitrogens with one attached hydrogen (secondary N) is 3. The number of hydrazone groups is 1. The van der Waals surface area contributed by atoms with Crippen LogP contribution in [0.15, 0.2) is 65.9 Å². The molecule has 0 saturated heterocycles. The first-order valence-corrected chi connectivity index (χ1v) is 11.7. The smallest absolute Gasteiger partial charge is 0.255 e. The van der Waals surface area contributed by atoms with E-state index in [4.69, 9.17) is 5.73 Å². The molecular formula is C27H33FN6O. The van der Waals surface area contributed by atoms with Crippen LogP contribution in [0.2, 0.25) is 0 Å². The Morgan fingerprint density at radius 3 is 2.20 bits per heavy atom.